The first kappa shape index (κ1) is 14.4. The quantitative estimate of drug-likeness (QED) is 0.888. The Kier molecular flexibility index (Phi) is 4.64. The van der Waals surface area contributed by atoms with E-state index < -0.39 is 0 Å². The second kappa shape index (κ2) is 6.46. The molecule has 20 heavy (non-hydrogen) atoms. The zero-order valence-electron chi connectivity index (χ0n) is 11.9. The van der Waals surface area contributed by atoms with Crippen molar-refractivity contribution in [3.63, 3.8) is 0 Å². The second-order valence-electron chi connectivity index (χ2n) is 5.87. The highest BCUT2D eigenvalue weighted by Gasteiger charge is 2.20. The summed E-state index contributed by atoms with van der Waals surface area (Å²) in [4.78, 5) is 2.49. The van der Waals surface area contributed by atoms with Crippen molar-refractivity contribution in [2.24, 2.45) is 0 Å². The third-order valence-corrected chi connectivity index (χ3v) is 5.18. The summed E-state index contributed by atoms with van der Waals surface area (Å²) in [5, 5.41) is 13.8. The van der Waals surface area contributed by atoms with Gasteiger partial charge in [-0.1, -0.05) is 0 Å². The number of aromatic hydroxyl groups is 1. The van der Waals surface area contributed by atoms with Crippen LogP contribution in [0.2, 0.25) is 0 Å². The van der Waals surface area contributed by atoms with E-state index in [2.05, 4.69) is 32.2 Å². The normalized spacial score (nSPS) is 19.9. The van der Waals surface area contributed by atoms with Crippen LogP contribution in [0.4, 0.5) is 0 Å². The number of hydrogen-bond acceptors (Lipinski definition) is 3. The average molecular weight is 339 g/mol. The molecule has 2 aliphatic rings. The highest BCUT2D eigenvalue weighted by atomic mass is 79.9. The maximum Gasteiger partial charge on any atom is 0.133 e. The Morgan fingerprint density at radius 1 is 1.20 bits per heavy atom. The number of aryl methyl sites for hydroxylation is 1. The zero-order chi connectivity index (χ0) is 13.9. The van der Waals surface area contributed by atoms with Gasteiger partial charge in [0.25, 0.3) is 0 Å². The Bertz CT molecular complexity index is 484. The number of phenolic OH excluding ortho intramolecular Hbond substituents is 1. The van der Waals surface area contributed by atoms with E-state index in [-0.39, 0.29) is 0 Å². The van der Waals surface area contributed by atoms with Crippen LogP contribution >= 0.6 is 15.9 Å². The van der Waals surface area contributed by atoms with Crippen LogP contribution in [0.15, 0.2) is 10.5 Å². The lowest BCUT2D eigenvalue weighted by molar-refractivity contribution is 0.243. The molecule has 0 amide bonds. The first-order chi connectivity index (χ1) is 9.75. The monoisotopic (exact) mass is 338 g/mol. The molecule has 110 valence electrons. The molecule has 0 unspecified atom stereocenters. The van der Waals surface area contributed by atoms with E-state index in [4.69, 9.17) is 0 Å². The number of phenols is 1. The number of piperazine rings is 1. The highest BCUT2D eigenvalue weighted by Crippen LogP contribution is 2.37. The van der Waals surface area contributed by atoms with E-state index in [1.807, 2.05) is 0 Å². The number of benzene rings is 1. The zero-order valence-corrected chi connectivity index (χ0v) is 13.5. The van der Waals surface area contributed by atoms with Crippen LogP contribution in [0, 0.1) is 0 Å². The molecule has 1 aromatic rings. The van der Waals surface area contributed by atoms with Gasteiger partial charge in [0.15, 0.2) is 0 Å². The molecular formula is C16H23BrN2O. The molecule has 0 radical (unpaired) electrons. The number of fused-ring (bicyclic) bond motifs is 1. The molecule has 1 aliphatic heterocycles. The van der Waals surface area contributed by atoms with Gasteiger partial charge in [0.2, 0.25) is 0 Å². The van der Waals surface area contributed by atoms with Crippen molar-refractivity contribution in [2.75, 3.05) is 32.7 Å². The number of halogens is 1. The number of nitrogens with zero attached hydrogens (tertiary/aromatic N) is 1. The molecule has 0 saturated carbocycles. The molecule has 4 heteroatoms. The summed E-state index contributed by atoms with van der Waals surface area (Å²) in [6, 6.07) is 2.12. The van der Waals surface area contributed by atoms with Gasteiger partial charge in [0.1, 0.15) is 5.75 Å². The van der Waals surface area contributed by atoms with Crippen LogP contribution in [0.25, 0.3) is 0 Å². The molecule has 2 N–H and O–H groups in total. The summed E-state index contributed by atoms with van der Waals surface area (Å²) in [6.07, 6.45) is 5.80. The summed E-state index contributed by atoms with van der Waals surface area (Å²) >= 11 is 3.52. The Morgan fingerprint density at radius 3 is 2.75 bits per heavy atom. The third kappa shape index (κ3) is 3.02. The molecule has 1 fully saturated rings. The minimum atomic E-state index is 0.473. The fourth-order valence-corrected chi connectivity index (χ4v) is 3.93. The van der Waals surface area contributed by atoms with Gasteiger partial charge in [-0.15, -0.1) is 0 Å². The van der Waals surface area contributed by atoms with Gasteiger partial charge in [-0.2, -0.15) is 0 Å². The van der Waals surface area contributed by atoms with Crippen LogP contribution < -0.4 is 5.32 Å². The van der Waals surface area contributed by atoms with Crippen molar-refractivity contribution < 1.29 is 5.11 Å². The van der Waals surface area contributed by atoms with Crippen LogP contribution in [0.5, 0.6) is 5.75 Å². The summed E-state index contributed by atoms with van der Waals surface area (Å²) in [5.74, 6) is 0.473. The van der Waals surface area contributed by atoms with Crippen molar-refractivity contribution in [2.45, 2.75) is 32.1 Å². The smallest absolute Gasteiger partial charge is 0.133 e. The van der Waals surface area contributed by atoms with Crippen molar-refractivity contribution in [1.82, 2.24) is 10.2 Å². The van der Waals surface area contributed by atoms with Crippen LogP contribution in [-0.4, -0.2) is 42.7 Å². The Balaban J connectivity index is 1.78. The van der Waals surface area contributed by atoms with Crippen molar-refractivity contribution in [1.29, 1.82) is 0 Å². The lowest BCUT2D eigenvalue weighted by atomic mass is 9.86. The molecule has 3 rings (SSSR count). The van der Waals surface area contributed by atoms with Crippen LogP contribution in [0.3, 0.4) is 0 Å². The van der Waals surface area contributed by atoms with E-state index in [0.717, 1.165) is 56.5 Å². The van der Waals surface area contributed by atoms with E-state index in [9.17, 15) is 5.11 Å². The standard InChI is InChI=1S/C16H23BrN2O/c17-15-11-12-3-1-2-4-13(12)14(16(15)20)5-8-19-9-6-18-7-10-19/h11,18,20H,1-10H2. The SMILES string of the molecule is Oc1c(Br)cc2c(c1CCN1CCNCC1)CCCC2. The maximum atomic E-state index is 10.4. The Hall–Kier alpha value is -0.580. The average Bonchev–Trinajstić information content (AvgIpc) is 2.49. The molecule has 1 aromatic carbocycles. The fraction of sp³-hybridized carbons (Fsp3) is 0.625. The van der Waals surface area contributed by atoms with E-state index in [0.29, 0.717) is 5.75 Å². The minimum absolute atomic E-state index is 0.473. The lowest BCUT2D eigenvalue weighted by Crippen LogP contribution is -2.44. The third-order valence-electron chi connectivity index (χ3n) is 4.58. The predicted molar refractivity (Wildman–Crippen MR) is 85.5 cm³/mol. The number of hydrogen-bond donors (Lipinski definition) is 2. The first-order valence-corrected chi connectivity index (χ1v) is 8.50. The van der Waals surface area contributed by atoms with Gasteiger partial charge in [-0.25, -0.2) is 0 Å². The van der Waals surface area contributed by atoms with Gasteiger partial charge in [-0.05, 0) is 70.8 Å². The second-order valence-corrected chi connectivity index (χ2v) is 6.73. The highest BCUT2D eigenvalue weighted by molar-refractivity contribution is 9.10. The fourth-order valence-electron chi connectivity index (χ4n) is 3.42. The summed E-state index contributed by atoms with van der Waals surface area (Å²) in [5.41, 5.74) is 4.05. The topological polar surface area (TPSA) is 35.5 Å². The Morgan fingerprint density at radius 2 is 1.95 bits per heavy atom. The van der Waals surface area contributed by atoms with Gasteiger partial charge in [-0.3, -0.25) is 0 Å². The molecule has 1 heterocycles. The molecule has 0 aromatic heterocycles. The van der Waals surface area contributed by atoms with Crippen molar-refractivity contribution in [3.05, 3.63) is 27.2 Å². The molecule has 0 spiro atoms. The molecule has 1 saturated heterocycles. The van der Waals surface area contributed by atoms with E-state index >= 15 is 0 Å². The van der Waals surface area contributed by atoms with Crippen LogP contribution in [-0.2, 0) is 19.3 Å². The summed E-state index contributed by atoms with van der Waals surface area (Å²) < 4.78 is 0.869. The van der Waals surface area contributed by atoms with E-state index in [1.165, 1.54) is 29.5 Å². The number of rotatable bonds is 3. The van der Waals surface area contributed by atoms with Gasteiger partial charge < -0.3 is 15.3 Å². The first-order valence-electron chi connectivity index (χ1n) is 7.71. The Labute approximate surface area is 129 Å². The lowest BCUT2D eigenvalue weighted by Gasteiger charge is -2.28. The van der Waals surface area contributed by atoms with Crippen LogP contribution in [0.1, 0.15) is 29.5 Å². The molecule has 0 bridgehead atoms. The van der Waals surface area contributed by atoms with Gasteiger partial charge >= 0.3 is 0 Å². The van der Waals surface area contributed by atoms with Gasteiger partial charge in [0, 0.05) is 32.7 Å². The molecular weight excluding hydrogens is 316 g/mol. The number of nitrogens with one attached hydrogen (secondary N) is 1. The van der Waals surface area contributed by atoms with Crippen molar-refractivity contribution >= 4 is 15.9 Å². The summed E-state index contributed by atoms with van der Waals surface area (Å²) in [6.45, 7) is 5.47. The largest absolute Gasteiger partial charge is 0.506 e. The van der Waals surface area contributed by atoms with Crippen molar-refractivity contribution in [3.8, 4) is 5.75 Å². The van der Waals surface area contributed by atoms with Gasteiger partial charge in [0.05, 0.1) is 4.47 Å². The van der Waals surface area contributed by atoms with E-state index in [1.54, 1.807) is 0 Å². The molecule has 1 aliphatic carbocycles. The predicted octanol–water partition coefficient (Wildman–Crippen LogP) is 2.48. The maximum absolute atomic E-state index is 10.4. The molecule has 0 atom stereocenters. The molecule has 3 nitrogen and oxygen atoms in total. The summed E-state index contributed by atoms with van der Waals surface area (Å²) in [7, 11) is 0. The minimum Gasteiger partial charge on any atom is -0.506 e.